The minimum Gasteiger partial charge on any atom is -0.481 e. The summed E-state index contributed by atoms with van der Waals surface area (Å²) < 4.78 is 25.7. The molecule has 0 N–H and O–H groups in total. The SMILES string of the molecule is C=CCn1c(SCC(=O)OCC)nnc1C(C)Oc1ccc(F)cc1Cl. The van der Waals surface area contributed by atoms with E-state index in [2.05, 4.69) is 16.8 Å². The van der Waals surface area contributed by atoms with Gasteiger partial charge in [0.15, 0.2) is 17.1 Å². The predicted octanol–water partition coefficient (Wildman–Crippen LogP) is 4.05. The summed E-state index contributed by atoms with van der Waals surface area (Å²) in [5, 5.41) is 8.99. The average Bonchev–Trinajstić information content (AvgIpc) is 2.99. The number of thioether (sulfide) groups is 1. The Hall–Kier alpha value is -2.06. The zero-order valence-corrected chi connectivity index (χ0v) is 16.0. The van der Waals surface area contributed by atoms with E-state index in [1.54, 1.807) is 24.5 Å². The van der Waals surface area contributed by atoms with Crippen molar-refractivity contribution in [1.29, 1.82) is 0 Å². The predicted molar refractivity (Wildman–Crippen MR) is 98.0 cm³/mol. The number of rotatable bonds is 9. The molecule has 0 radical (unpaired) electrons. The number of allylic oxidation sites excluding steroid dienone is 1. The summed E-state index contributed by atoms with van der Waals surface area (Å²) in [5.74, 6) is 0.241. The van der Waals surface area contributed by atoms with Gasteiger partial charge in [0.1, 0.15) is 11.6 Å². The summed E-state index contributed by atoms with van der Waals surface area (Å²) in [5.41, 5.74) is 0. The van der Waals surface area contributed by atoms with Gasteiger partial charge in [0.2, 0.25) is 0 Å². The molecule has 0 saturated carbocycles. The van der Waals surface area contributed by atoms with Crippen LogP contribution >= 0.6 is 23.4 Å². The van der Waals surface area contributed by atoms with Crippen LogP contribution in [0.15, 0.2) is 36.0 Å². The van der Waals surface area contributed by atoms with Crippen LogP contribution < -0.4 is 4.74 Å². The number of aromatic nitrogens is 3. The Morgan fingerprint density at radius 3 is 2.92 bits per heavy atom. The van der Waals surface area contributed by atoms with E-state index >= 15 is 0 Å². The van der Waals surface area contributed by atoms with E-state index in [-0.39, 0.29) is 16.7 Å². The van der Waals surface area contributed by atoms with Crippen molar-refractivity contribution in [3.8, 4) is 5.75 Å². The highest BCUT2D eigenvalue weighted by atomic mass is 35.5. The van der Waals surface area contributed by atoms with Crippen LogP contribution in [0.3, 0.4) is 0 Å². The lowest BCUT2D eigenvalue weighted by Crippen LogP contribution is -2.13. The van der Waals surface area contributed by atoms with Crippen molar-refractivity contribution in [3.63, 3.8) is 0 Å². The van der Waals surface area contributed by atoms with Gasteiger partial charge < -0.3 is 9.47 Å². The van der Waals surface area contributed by atoms with Crippen LogP contribution in [0.2, 0.25) is 5.02 Å². The van der Waals surface area contributed by atoms with Gasteiger partial charge in [0.05, 0.1) is 17.4 Å². The largest absolute Gasteiger partial charge is 0.481 e. The second-order valence-corrected chi connectivity index (χ2v) is 6.52. The Bertz CT molecular complexity index is 785. The first-order valence-corrected chi connectivity index (χ1v) is 9.26. The second-order valence-electron chi connectivity index (χ2n) is 5.17. The molecule has 2 aromatic rings. The molecule has 1 aromatic carbocycles. The Labute approximate surface area is 160 Å². The molecule has 0 bridgehead atoms. The van der Waals surface area contributed by atoms with Crippen LogP contribution in [0.1, 0.15) is 25.8 Å². The third kappa shape index (κ3) is 5.22. The standard InChI is InChI=1S/C17H19ClFN3O3S/c1-4-8-22-16(20-21-17(22)26-10-15(23)24-5-2)11(3)25-14-7-6-12(19)9-13(14)18/h4,6-7,9,11H,1,5,8,10H2,2-3H3. The Morgan fingerprint density at radius 2 is 2.27 bits per heavy atom. The summed E-state index contributed by atoms with van der Waals surface area (Å²) in [6, 6.07) is 3.90. The van der Waals surface area contributed by atoms with Gasteiger partial charge in [-0.15, -0.1) is 16.8 Å². The number of halogens is 2. The molecule has 0 aliphatic heterocycles. The number of benzene rings is 1. The van der Waals surface area contributed by atoms with Crippen molar-refractivity contribution in [2.75, 3.05) is 12.4 Å². The molecule has 1 unspecified atom stereocenters. The van der Waals surface area contributed by atoms with E-state index in [9.17, 15) is 9.18 Å². The summed E-state index contributed by atoms with van der Waals surface area (Å²) in [6.07, 6.45) is 1.20. The van der Waals surface area contributed by atoms with Crippen molar-refractivity contribution < 1.29 is 18.7 Å². The minimum absolute atomic E-state index is 0.127. The van der Waals surface area contributed by atoms with Crippen molar-refractivity contribution in [2.45, 2.75) is 31.7 Å². The number of carbonyl (C=O) groups is 1. The number of hydrogen-bond acceptors (Lipinski definition) is 6. The molecule has 140 valence electrons. The Balaban J connectivity index is 2.16. The quantitative estimate of drug-likeness (QED) is 0.360. The molecule has 0 aliphatic carbocycles. The summed E-state index contributed by atoms with van der Waals surface area (Å²) in [7, 11) is 0. The fourth-order valence-electron chi connectivity index (χ4n) is 2.15. The summed E-state index contributed by atoms with van der Waals surface area (Å²) in [6.45, 7) is 8.03. The highest BCUT2D eigenvalue weighted by Gasteiger charge is 2.20. The molecule has 9 heteroatoms. The maximum absolute atomic E-state index is 13.2. The zero-order chi connectivity index (χ0) is 19.1. The Morgan fingerprint density at radius 1 is 1.50 bits per heavy atom. The van der Waals surface area contributed by atoms with Gasteiger partial charge >= 0.3 is 5.97 Å². The van der Waals surface area contributed by atoms with Gasteiger partial charge in [-0.1, -0.05) is 29.4 Å². The summed E-state index contributed by atoms with van der Waals surface area (Å²) in [4.78, 5) is 11.5. The first-order chi connectivity index (χ1) is 12.5. The smallest absolute Gasteiger partial charge is 0.316 e. The van der Waals surface area contributed by atoms with Crippen molar-refractivity contribution in [3.05, 3.63) is 47.5 Å². The van der Waals surface area contributed by atoms with Gasteiger partial charge in [-0.2, -0.15) is 0 Å². The van der Waals surface area contributed by atoms with E-state index in [1.165, 1.54) is 30.0 Å². The van der Waals surface area contributed by atoms with E-state index in [0.29, 0.717) is 29.9 Å². The molecule has 0 aliphatic rings. The molecule has 1 heterocycles. The van der Waals surface area contributed by atoms with Crippen molar-refractivity contribution >= 4 is 29.3 Å². The fraction of sp³-hybridized carbons (Fsp3) is 0.353. The average molecular weight is 400 g/mol. The van der Waals surface area contributed by atoms with Crippen LogP contribution in [0.5, 0.6) is 5.75 Å². The number of nitrogens with zero attached hydrogens (tertiary/aromatic N) is 3. The van der Waals surface area contributed by atoms with E-state index in [0.717, 1.165) is 0 Å². The Kier molecular flexibility index (Phi) is 7.47. The second kappa shape index (κ2) is 9.59. The fourth-order valence-corrected chi connectivity index (χ4v) is 3.11. The number of esters is 1. The molecule has 0 spiro atoms. The lowest BCUT2D eigenvalue weighted by Gasteiger charge is -2.16. The zero-order valence-electron chi connectivity index (χ0n) is 14.4. The first kappa shape index (κ1) is 20.3. The van der Waals surface area contributed by atoms with Crippen molar-refractivity contribution in [1.82, 2.24) is 14.8 Å². The highest BCUT2D eigenvalue weighted by molar-refractivity contribution is 7.99. The lowest BCUT2D eigenvalue weighted by atomic mass is 10.3. The van der Waals surface area contributed by atoms with Gasteiger partial charge in [-0.05, 0) is 32.0 Å². The third-order valence-corrected chi connectivity index (χ3v) is 4.48. The van der Waals surface area contributed by atoms with E-state index < -0.39 is 11.9 Å². The van der Waals surface area contributed by atoms with Gasteiger partial charge in [-0.3, -0.25) is 9.36 Å². The number of carbonyl (C=O) groups excluding carboxylic acids is 1. The first-order valence-electron chi connectivity index (χ1n) is 7.90. The molecule has 2 rings (SSSR count). The van der Waals surface area contributed by atoms with E-state index in [4.69, 9.17) is 21.1 Å². The molecule has 0 saturated heterocycles. The van der Waals surface area contributed by atoms with E-state index in [1.807, 2.05) is 0 Å². The third-order valence-electron chi connectivity index (χ3n) is 3.24. The number of hydrogen-bond donors (Lipinski definition) is 0. The maximum Gasteiger partial charge on any atom is 0.316 e. The molecular formula is C17H19ClFN3O3S. The van der Waals surface area contributed by atoms with Crippen molar-refractivity contribution in [2.24, 2.45) is 0 Å². The van der Waals surface area contributed by atoms with Gasteiger partial charge in [0, 0.05) is 6.54 Å². The molecule has 1 atom stereocenters. The van der Waals surface area contributed by atoms with Gasteiger partial charge in [0.25, 0.3) is 0 Å². The molecule has 6 nitrogen and oxygen atoms in total. The topological polar surface area (TPSA) is 66.2 Å². The molecular weight excluding hydrogens is 381 g/mol. The molecule has 0 amide bonds. The summed E-state index contributed by atoms with van der Waals surface area (Å²) >= 11 is 7.22. The minimum atomic E-state index is -0.498. The monoisotopic (exact) mass is 399 g/mol. The normalized spacial score (nSPS) is 11.8. The molecule has 1 aromatic heterocycles. The van der Waals surface area contributed by atoms with Crippen LogP contribution in [0, 0.1) is 5.82 Å². The molecule has 26 heavy (non-hydrogen) atoms. The molecule has 0 fully saturated rings. The lowest BCUT2D eigenvalue weighted by molar-refractivity contribution is -0.139. The van der Waals surface area contributed by atoms with Crippen LogP contribution in [-0.4, -0.2) is 33.1 Å². The van der Waals surface area contributed by atoms with Gasteiger partial charge in [-0.25, -0.2) is 4.39 Å². The van der Waals surface area contributed by atoms with Crippen LogP contribution in [0.4, 0.5) is 4.39 Å². The van der Waals surface area contributed by atoms with Crippen LogP contribution in [-0.2, 0) is 16.1 Å². The van der Waals surface area contributed by atoms with Crippen LogP contribution in [0.25, 0.3) is 0 Å². The highest BCUT2D eigenvalue weighted by Crippen LogP contribution is 2.30. The number of ether oxygens (including phenoxy) is 2. The maximum atomic E-state index is 13.2.